The van der Waals surface area contributed by atoms with E-state index in [1.54, 1.807) is 0 Å². The summed E-state index contributed by atoms with van der Waals surface area (Å²) in [5.41, 5.74) is 2.68. The summed E-state index contributed by atoms with van der Waals surface area (Å²) in [5, 5.41) is 11.6. The van der Waals surface area contributed by atoms with Gasteiger partial charge in [0.25, 0.3) is 5.91 Å². The molecule has 3 heterocycles. The Morgan fingerprint density at radius 3 is 2.68 bits per heavy atom. The van der Waals surface area contributed by atoms with E-state index in [1.165, 1.54) is 22.7 Å². The number of aryl methyl sites for hydroxylation is 2. The zero-order valence-electron chi connectivity index (χ0n) is 13.4. The molecule has 0 aliphatic carbocycles. The molecule has 0 bridgehead atoms. The number of anilines is 1. The number of hydrogen-bond donors (Lipinski definition) is 1. The second-order valence-electron chi connectivity index (χ2n) is 5.55. The first-order valence-electron chi connectivity index (χ1n) is 7.50. The Bertz CT molecular complexity index is 1080. The lowest BCUT2D eigenvalue weighted by Crippen LogP contribution is -2.09. The van der Waals surface area contributed by atoms with Crippen molar-refractivity contribution >= 4 is 55.5 Å². The van der Waals surface area contributed by atoms with Crippen molar-refractivity contribution in [2.24, 2.45) is 0 Å². The topological polar surface area (TPSA) is 59.8 Å². The Balaban J connectivity index is 1.71. The predicted octanol–water partition coefficient (Wildman–Crippen LogP) is 5.07. The number of nitrogens with one attached hydrogen (secondary N) is 1. The summed E-state index contributed by atoms with van der Waals surface area (Å²) in [5.74, 6) is -0.155. The third-order valence-corrected chi connectivity index (χ3v) is 5.92. The van der Waals surface area contributed by atoms with Gasteiger partial charge in [0.05, 0.1) is 22.0 Å². The first-order chi connectivity index (χ1) is 12.0. The molecule has 0 unspecified atom stereocenters. The first kappa shape index (κ1) is 16.3. The van der Waals surface area contributed by atoms with E-state index >= 15 is 0 Å². The largest absolute Gasteiger partial charge is 0.297 e. The maximum Gasteiger partial charge on any atom is 0.267 e. The Labute approximate surface area is 156 Å². The summed E-state index contributed by atoms with van der Waals surface area (Å²) in [6, 6.07) is 9.35. The van der Waals surface area contributed by atoms with Gasteiger partial charge in [-0.15, -0.1) is 22.7 Å². The van der Waals surface area contributed by atoms with Gasteiger partial charge < -0.3 is 0 Å². The highest BCUT2D eigenvalue weighted by Crippen LogP contribution is 2.31. The maximum absolute atomic E-state index is 12.5. The quantitative estimate of drug-likeness (QED) is 0.533. The fraction of sp³-hybridized carbons (Fsp3) is 0.118. The summed E-state index contributed by atoms with van der Waals surface area (Å²) >= 11 is 8.79. The van der Waals surface area contributed by atoms with Crippen LogP contribution in [0.15, 0.2) is 35.7 Å². The number of amides is 1. The molecule has 0 radical (unpaired) electrons. The lowest BCUT2D eigenvalue weighted by Gasteiger charge is -2.02. The van der Waals surface area contributed by atoms with Gasteiger partial charge in [-0.3, -0.25) is 10.1 Å². The van der Waals surface area contributed by atoms with Gasteiger partial charge in [0.2, 0.25) is 0 Å². The van der Waals surface area contributed by atoms with Crippen molar-refractivity contribution in [3.63, 3.8) is 0 Å². The number of thiophene rings is 1. The van der Waals surface area contributed by atoms with Crippen molar-refractivity contribution in [2.75, 3.05) is 5.32 Å². The Morgan fingerprint density at radius 2 is 2.00 bits per heavy atom. The fourth-order valence-electron chi connectivity index (χ4n) is 2.49. The minimum Gasteiger partial charge on any atom is -0.297 e. The molecule has 4 rings (SSSR count). The van der Waals surface area contributed by atoms with Gasteiger partial charge in [0, 0.05) is 15.8 Å². The van der Waals surface area contributed by atoms with Crippen LogP contribution < -0.4 is 5.32 Å². The van der Waals surface area contributed by atoms with Gasteiger partial charge in [-0.25, -0.2) is 9.67 Å². The van der Waals surface area contributed by atoms with E-state index in [2.05, 4.69) is 15.4 Å². The van der Waals surface area contributed by atoms with Crippen molar-refractivity contribution in [3.05, 3.63) is 57.0 Å². The highest BCUT2D eigenvalue weighted by molar-refractivity contribution is 7.20. The smallest absolute Gasteiger partial charge is 0.267 e. The molecule has 126 valence electrons. The Morgan fingerprint density at radius 1 is 1.24 bits per heavy atom. The van der Waals surface area contributed by atoms with Crippen LogP contribution in [0.3, 0.4) is 0 Å². The molecule has 0 saturated heterocycles. The van der Waals surface area contributed by atoms with Gasteiger partial charge in [-0.2, -0.15) is 5.10 Å². The number of rotatable bonds is 3. The number of carbonyl (C=O) groups is 1. The van der Waals surface area contributed by atoms with Crippen molar-refractivity contribution in [2.45, 2.75) is 13.8 Å². The monoisotopic (exact) mass is 388 g/mol. The Kier molecular flexibility index (Phi) is 4.07. The van der Waals surface area contributed by atoms with Crippen LogP contribution in [-0.2, 0) is 0 Å². The molecular formula is C17H13ClN4OS2. The molecule has 1 aromatic carbocycles. The second kappa shape index (κ2) is 6.25. The molecule has 0 spiro atoms. The number of carbonyl (C=O) groups excluding carboxylic acids is 1. The van der Waals surface area contributed by atoms with Gasteiger partial charge in [-0.05, 0) is 44.2 Å². The van der Waals surface area contributed by atoms with Crippen LogP contribution in [0.25, 0.3) is 15.9 Å². The number of hydrogen-bond acceptors (Lipinski definition) is 5. The van der Waals surface area contributed by atoms with Crippen LogP contribution in [-0.4, -0.2) is 20.7 Å². The molecule has 1 amide bonds. The van der Waals surface area contributed by atoms with Gasteiger partial charge in [-0.1, -0.05) is 11.6 Å². The molecule has 4 aromatic rings. The van der Waals surface area contributed by atoms with Gasteiger partial charge in [0.1, 0.15) is 4.83 Å². The fourth-order valence-corrected chi connectivity index (χ4v) is 4.37. The van der Waals surface area contributed by atoms with E-state index < -0.39 is 0 Å². The number of halogens is 1. The molecule has 3 aromatic heterocycles. The Hall–Kier alpha value is -2.22. The SMILES string of the molecule is Cc1csc(NC(=O)c2cc3c(C)nn(-c4ccc(Cl)cc4)c3s2)n1. The van der Waals surface area contributed by atoms with E-state index in [1.807, 2.05) is 54.2 Å². The van der Waals surface area contributed by atoms with Gasteiger partial charge >= 0.3 is 0 Å². The third-order valence-electron chi connectivity index (χ3n) is 3.68. The van der Waals surface area contributed by atoms with Crippen molar-refractivity contribution < 1.29 is 4.79 Å². The maximum atomic E-state index is 12.5. The molecule has 5 nitrogen and oxygen atoms in total. The second-order valence-corrected chi connectivity index (χ2v) is 7.88. The van der Waals surface area contributed by atoms with E-state index in [-0.39, 0.29) is 5.91 Å². The normalized spacial score (nSPS) is 11.2. The number of fused-ring (bicyclic) bond motifs is 1. The van der Waals surface area contributed by atoms with Crippen LogP contribution in [0.1, 0.15) is 21.1 Å². The number of aromatic nitrogens is 3. The lowest BCUT2D eigenvalue weighted by molar-refractivity contribution is 0.103. The van der Waals surface area contributed by atoms with Crippen LogP contribution >= 0.6 is 34.3 Å². The molecule has 0 atom stereocenters. The molecule has 0 saturated carbocycles. The van der Waals surface area contributed by atoms with Crippen LogP contribution in [0, 0.1) is 13.8 Å². The van der Waals surface area contributed by atoms with E-state index in [4.69, 9.17) is 11.6 Å². The third kappa shape index (κ3) is 3.06. The lowest BCUT2D eigenvalue weighted by atomic mass is 10.3. The summed E-state index contributed by atoms with van der Waals surface area (Å²) in [6.45, 7) is 3.84. The number of thiazole rings is 1. The summed E-state index contributed by atoms with van der Waals surface area (Å²) < 4.78 is 1.84. The predicted molar refractivity (Wildman–Crippen MR) is 103 cm³/mol. The molecule has 0 aliphatic rings. The van der Waals surface area contributed by atoms with Crippen molar-refractivity contribution in [1.29, 1.82) is 0 Å². The van der Waals surface area contributed by atoms with Crippen molar-refractivity contribution in [3.8, 4) is 5.69 Å². The molecule has 0 fully saturated rings. The molecule has 25 heavy (non-hydrogen) atoms. The molecule has 8 heteroatoms. The molecule has 1 N–H and O–H groups in total. The van der Waals surface area contributed by atoms with Gasteiger partial charge in [0.15, 0.2) is 5.13 Å². The zero-order valence-corrected chi connectivity index (χ0v) is 15.8. The summed E-state index contributed by atoms with van der Waals surface area (Å²) in [7, 11) is 0. The van der Waals surface area contributed by atoms with E-state index in [0.717, 1.165) is 27.3 Å². The average Bonchev–Trinajstić information content (AvgIpc) is 3.26. The number of benzene rings is 1. The highest BCUT2D eigenvalue weighted by atomic mass is 35.5. The van der Waals surface area contributed by atoms with E-state index in [9.17, 15) is 4.79 Å². The zero-order chi connectivity index (χ0) is 17.6. The summed E-state index contributed by atoms with van der Waals surface area (Å²) in [6.07, 6.45) is 0. The number of nitrogens with zero attached hydrogens (tertiary/aromatic N) is 3. The summed E-state index contributed by atoms with van der Waals surface area (Å²) in [4.78, 5) is 18.3. The van der Waals surface area contributed by atoms with Crippen LogP contribution in [0.2, 0.25) is 5.02 Å². The average molecular weight is 389 g/mol. The highest BCUT2D eigenvalue weighted by Gasteiger charge is 2.18. The van der Waals surface area contributed by atoms with Crippen LogP contribution in [0.5, 0.6) is 0 Å². The van der Waals surface area contributed by atoms with E-state index in [0.29, 0.717) is 15.0 Å². The van der Waals surface area contributed by atoms with Crippen molar-refractivity contribution in [1.82, 2.24) is 14.8 Å². The molecule has 0 aliphatic heterocycles. The first-order valence-corrected chi connectivity index (χ1v) is 9.57. The standard InChI is InChI=1S/C17H13ClN4OS2/c1-9-8-24-17(19-9)20-15(23)14-7-13-10(2)21-22(16(13)25-14)12-5-3-11(18)4-6-12/h3-8H,1-2H3,(H,19,20,23). The minimum atomic E-state index is -0.155. The van der Waals surface area contributed by atoms with Crippen LogP contribution in [0.4, 0.5) is 5.13 Å². The minimum absolute atomic E-state index is 0.155. The molecular weight excluding hydrogens is 376 g/mol.